The maximum atomic E-state index is 14.0. The van der Waals surface area contributed by atoms with Crippen LogP contribution in [-0.2, 0) is 29.5 Å². The van der Waals surface area contributed by atoms with Crippen LogP contribution in [0.4, 0.5) is 4.39 Å². The Morgan fingerprint density at radius 3 is 2.81 bits per heavy atom. The molecule has 1 aliphatic rings. The molecule has 0 spiro atoms. The molecular weight excluding hydrogens is 361 g/mol. The fourth-order valence-corrected chi connectivity index (χ4v) is 3.80. The van der Waals surface area contributed by atoms with Crippen molar-refractivity contribution < 1.29 is 22.7 Å². The third-order valence-electron chi connectivity index (χ3n) is 4.34. The molecule has 7 nitrogen and oxygen atoms in total. The summed E-state index contributed by atoms with van der Waals surface area (Å²) in [4.78, 5) is 2.07. The number of fused-ring (bicyclic) bond motifs is 1. The summed E-state index contributed by atoms with van der Waals surface area (Å²) in [6, 6.07) is 6.37. The minimum Gasteiger partial charge on any atom is -0.497 e. The van der Waals surface area contributed by atoms with Crippen molar-refractivity contribution in [1.82, 2.24) is 14.7 Å². The summed E-state index contributed by atoms with van der Waals surface area (Å²) in [5.41, 5.74) is 1.76. The van der Waals surface area contributed by atoms with E-state index in [-0.39, 0.29) is 11.6 Å². The van der Waals surface area contributed by atoms with Gasteiger partial charge in [-0.25, -0.2) is 12.8 Å². The van der Waals surface area contributed by atoms with Gasteiger partial charge in [0, 0.05) is 31.5 Å². The van der Waals surface area contributed by atoms with Crippen molar-refractivity contribution in [2.45, 2.75) is 25.7 Å². The van der Waals surface area contributed by atoms with Gasteiger partial charge in [0.05, 0.1) is 30.8 Å². The van der Waals surface area contributed by atoms with E-state index in [1.54, 1.807) is 30.0 Å². The van der Waals surface area contributed by atoms with Crippen molar-refractivity contribution in [2.75, 3.05) is 25.7 Å². The first kappa shape index (κ1) is 18.8. The van der Waals surface area contributed by atoms with E-state index >= 15 is 0 Å². The Morgan fingerprint density at radius 1 is 1.35 bits per heavy atom. The summed E-state index contributed by atoms with van der Waals surface area (Å²) < 4.78 is 43.6. The number of ether oxygens (including phenoxy) is 1. The molecule has 0 aliphatic carbocycles. The maximum Gasteiger partial charge on any atom is 0.150 e. The number of benzene rings is 1. The Balaban J connectivity index is 1.72. The quantitative estimate of drug-likeness (QED) is 0.805. The normalized spacial score (nSPS) is 16.3. The predicted molar refractivity (Wildman–Crippen MR) is 94.0 cm³/mol. The van der Waals surface area contributed by atoms with E-state index in [1.807, 2.05) is 0 Å². The molecule has 1 atom stereocenters. The van der Waals surface area contributed by atoms with Crippen molar-refractivity contribution >= 4 is 9.84 Å². The highest BCUT2D eigenvalue weighted by atomic mass is 32.2. The Morgan fingerprint density at radius 2 is 2.12 bits per heavy atom. The molecule has 9 heteroatoms. The standard InChI is InChI=1S/C17H22FN3O4S/c1-25-14-3-4-15(18)12(7-14)9-20-5-6-21-13(10-20)8-16(19-21)17(22)11-26(2,23)24/h3-4,7-8,17,22H,5-6,9-11H2,1-2H3. The summed E-state index contributed by atoms with van der Waals surface area (Å²) in [6.45, 7) is 2.23. The van der Waals surface area contributed by atoms with Crippen molar-refractivity contribution in [3.05, 3.63) is 47.0 Å². The van der Waals surface area contributed by atoms with Crippen LogP contribution in [0.1, 0.15) is 23.1 Å². The average molecular weight is 383 g/mol. The Kier molecular flexibility index (Phi) is 5.31. The average Bonchev–Trinajstić information content (AvgIpc) is 2.99. The van der Waals surface area contributed by atoms with E-state index in [4.69, 9.17) is 4.74 Å². The van der Waals surface area contributed by atoms with Gasteiger partial charge in [0.2, 0.25) is 0 Å². The maximum absolute atomic E-state index is 14.0. The number of rotatable bonds is 6. The number of hydrogen-bond donors (Lipinski definition) is 1. The minimum atomic E-state index is -3.30. The number of methoxy groups -OCH3 is 1. The largest absolute Gasteiger partial charge is 0.497 e. The van der Waals surface area contributed by atoms with Crippen LogP contribution in [0.25, 0.3) is 0 Å². The first-order chi connectivity index (χ1) is 12.2. The first-order valence-electron chi connectivity index (χ1n) is 8.22. The van der Waals surface area contributed by atoms with Gasteiger partial charge in [0.1, 0.15) is 27.5 Å². The number of nitrogens with zero attached hydrogens (tertiary/aromatic N) is 3. The second-order valence-corrected chi connectivity index (χ2v) is 8.74. The number of aliphatic hydroxyl groups is 1. The van der Waals surface area contributed by atoms with Gasteiger partial charge < -0.3 is 9.84 Å². The molecule has 1 aromatic carbocycles. The molecule has 1 unspecified atom stereocenters. The molecule has 3 rings (SSSR count). The van der Waals surface area contributed by atoms with Crippen LogP contribution in [0.2, 0.25) is 0 Å². The molecular formula is C17H22FN3O4S. The molecule has 0 bridgehead atoms. The van der Waals surface area contributed by atoms with Crippen LogP contribution in [0.3, 0.4) is 0 Å². The van der Waals surface area contributed by atoms with Crippen molar-refractivity contribution in [2.24, 2.45) is 0 Å². The Labute approximate surface area is 151 Å². The van der Waals surface area contributed by atoms with E-state index in [0.717, 1.165) is 11.9 Å². The molecule has 0 amide bonds. The fraction of sp³-hybridized carbons (Fsp3) is 0.471. The van der Waals surface area contributed by atoms with Gasteiger partial charge in [0.25, 0.3) is 0 Å². The zero-order valence-electron chi connectivity index (χ0n) is 14.7. The number of aliphatic hydroxyl groups excluding tert-OH is 1. The van der Waals surface area contributed by atoms with Gasteiger partial charge in [-0.1, -0.05) is 0 Å². The zero-order valence-corrected chi connectivity index (χ0v) is 15.5. The summed E-state index contributed by atoms with van der Waals surface area (Å²) in [6.07, 6.45) is -0.0660. The van der Waals surface area contributed by atoms with Crippen LogP contribution in [0.5, 0.6) is 5.75 Å². The van der Waals surface area contributed by atoms with Gasteiger partial charge in [-0.05, 0) is 24.3 Å². The lowest BCUT2D eigenvalue weighted by Gasteiger charge is -2.27. The lowest BCUT2D eigenvalue weighted by Crippen LogP contribution is -2.33. The molecule has 0 fully saturated rings. The third-order valence-corrected chi connectivity index (χ3v) is 5.27. The highest BCUT2D eigenvalue weighted by Gasteiger charge is 2.23. The van der Waals surface area contributed by atoms with Gasteiger partial charge in [-0.2, -0.15) is 5.10 Å². The molecule has 26 heavy (non-hydrogen) atoms. The van der Waals surface area contributed by atoms with E-state index < -0.39 is 15.9 Å². The van der Waals surface area contributed by atoms with E-state index in [2.05, 4.69) is 10.00 Å². The van der Waals surface area contributed by atoms with Crippen LogP contribution in [-0.4, -0.2) is 53.9 Å². The zero-order chi connectivity index (χ0) is 18.9. The Bertz CT molecular complexity index is 897. The summed E-state index contributed by atoms with van der Waals surface area (Å²) in [5.74, 6) is -0.0360. The minimum absolute atomic E-state index is 0.283. The number of sulfone groups is 1. The highest BCUT2D eigenvalue weighted by Crippen LogP contribution is 2.23. The molecule has 2 aromatic rings. The van der Waals surface area contributed by atoms with Crippen LogP contribution >= 0.6 is 0 Å². The predicted octanol–water partition coefficient (Wildman–Crippen LogP) is 1.12. The van der Waals surface area contributed by atoms with Crippen molar-refractivity contribution in [1.29, 1.82) is 0 Å². The molecule has 142 valence electrons. The SMILES string of the molecule is COc1ccc(F)c(CN2CCn3nc(C(O)CS(C)(=O)=O)cc3C2)c1. The Hall–Kier alpha value is -1.97. The smallest absolute Gasteiger partial charge is 0.150 e. The topological polar surface area (TPSA) is 84.7 Å². The van der Waals surface area contributed by atoms with Crippen LogP contribution in [0.15, 0.2) is 24.3 Å². The number of halogens is 1. The fourth-order valence-electron chi connectivity index (χ4n) is 3.05. The molecule has 1 aliphatic heterocycles. The van der Waals surface area contributed by atoms with E-state index in [1.165, 1.54) is 6.07 Å². The second kappa shape index (κ2) is 7.34. The van der Waals surface area contributed by atoms with Crippen LogP contribution < -0.4 is 4.74 Å². The molecule has 2 heterocycles. The number of aromatic nitrogens is 2. The summed E-state index contributed by atoms with van der Waals surface area (Å²) in [5, 5.41) is 14.4. The molecule has 0 saturated carbocycles. The summed E-state index contributed by atoms with van der Waals surface area (Å²) in [7, 11) is -1.76. The molecule has 0 radical (unpaired) electrons. The molecule has 1 N–H and O–H groups in total. The van der Waals surface area contributed by atoms with Crippen molar-refractivity contribution in [3.8, 4) is 5.75 Å². The number of hydrogen-bond acceptors (Lipinski definition) is 6. The molecule has 0 saturated heterocycles. The van der Waals surface area contributed by atoms with E-state index in [9.17, 15) is 17.9 Å². The van der Waals surface area contributed by atoms with Crippen LogP contribution in [0, 0.1) is 5.82 Å². The van der Waals surface area contributed by atoms with Crippen molar-refractivity contribution in [3.63, 3.8) is 0 Å². The highest BCUT2D eigenvalue weighted by molar-refractivity contribution is 7.90. The second-order valence-electron chi connectivity index (χ2n) is 6.56. The van der Waals surface area contributed by atoms with Gasteiger partial charge in [-0.3, -0.25) is 9.58 Å². The summed E-state index contributed by atoms with van der Waals surface area (Å²) >= 11 is 0. The van der Waals surface area contributed by atoms with Gasteiger partial charge in [-0.15, -0.1) is 0 Å². The lowest BCUT2D eigenvalue weighted by molar-refractivity contribution is 0.190. The molecule has 1 aromatic heterocycles. The monoisotopic (exact) mass is 383 g/mol. The van der Waals surface area contributed by atoms with Gasteiger partial charge >= 0.3 is 0 Å². The lowest BCUT2D eigenvalue weighted by atomic mass is 10.1. The third kappa shape index (κ3) is 4.40. The first-order valence-corrected chi connectivity index (χ1v) is 10.3. The van der Waals surface area contributed by atoms with Gasteiger partial charge in [0.15, 0.2) is 0 Å². The van der Waals surface area contributed by atoms with E-state index in [0.29, 0.717) is 43.2 Å².